The fraction of sp³-hybridized carbons (Fsp3) is 0.462. The molecule has 0 aromatic heterocycles. The zero-order chi connectivity index (χ0) is 54.3. The van der Waals surface area contributed by atoms with Crippen LogP contribution < -0.4 is 14.2 Å². The highest BCUT2D eigenvalue weighted by atomic mass is 16.5. The van der Waals surface area contributed by atoms with E-state index in [4.69, 9.17) is 23.7 Å². The highest BCUT2D eigenvalue weighted by molar-refractivity contribution is 5.93. The van der Waals surface area contributed by atoms with Crippen molar-refractivity contribution in [2.45, 2.75) is 154 Å². The summed E-state index contributed by atoms with van der Waals surface area (Å²) in [7, 11) is 0. The third-order valence-corrected chi connectivity index (χ3v) is 14.7. The van der Waals surface area contributed by atoms with Gasteiger partial charge >= 0.3 is 17.9 Å². The molecule has 0 aliphatic heterocycles. The number of nitrogens with zero attached hydrogens (tertiary/aromatic N) is 4. The lowest BCUT2D eigenvalue weighted by Crippen LogP contribution is -2.14. The van der Waals surface area contributed by atoms with Crippen molar-refractivity contribution in [3.63, 3.8) is 0 Å². The Morgan fingerprint density at radius 3 is 1.39 bits per heavy atom. The number of carbonyl (C=O) groups excluding carboxylic acids is 3. The largest absolute Gasteiger partial charge is 0.494 e. The SMILES string of the molecule is C=CC(=O)OCCCCCCOc1ccc(C(=O)Oc2ccc(C3CCC(CCC)CC3)cc2/C=N/N=C/c2ccc(/C=N/N=C/c3cc(C4CCC(CCC)CC4)ccc3OCCCCCCOC(=O)C=C)cc2)cc1. The molecule has 2 aliphatic rings. The highest BCUT2D eigenvalue weighted by Gasteiger charge is 2.24. The van der Waals surface area contributed by atoms with E-state index in [9.17, 15) is 14.4 Å². The molecule has 4 aromatic carbocycles. The quantitative estimate of drug-likeness (QED) is 0.0117. The lowest BCUT2D eigenvalue weighted by atomic mass is 9.77. The van der Waals surface area contributed by atoms with Gasteiger partial charge in [-0.3, -0.25) is 0 Å². The predicted octanol–water partition coefficient (Wildman–Crippen LogP) is 15.3. The molecule has 0 amide bonds. The molecule has 2 fully saturated rings. The molecule has 0 bridgehead atoms. The number of carbonyl (C=O) groups is 3. The Balaban J connectivity index is 1.05. The summed E-state index contributed by atoms with van der Waals surface area (Å²) >= 11 is 0. The number of hydrogen-bond acceptors (Lipinski definition) is 12. The Morgan fingerprint density at radius 1 is 0.494 bits per heavy atom. The second kappa shape index (κ2) is 33.9. The monoisotopic (exact) mass is 1050 g/mol. The molecule has 12 heteroatoms. The summed E-state index contributed by atoms with van der Waals surface area (Å²) in [6, 6.07) is 27.4. The van der Waals surface area contributed by atoms with E-state index < -0.39 is 11.9 Å². The van der Waals surface area contributed by atoms with Gasteiger partial charge in [0.15, 0.2) is 0 Å². The maximum absolute atomic E-state index is 13.5. The standard InChI is InChI=1S/C65H82N4O8/c1-5-17-49-23-27-53(28-24-49)56-33-37-61(74-40-14-10-12-16-42-76-64(71)8-4)58(43-56)47-68-66-45-51-19-21-52(22-20-51)46-67-69-48-59-44-57(54-29-25-50(18-6-2)26-30-54)34-38-62(59)77-65(72)55-31-35-60(36-32-55)73-39-13-9-11-15-41-75-63(70)7-3/h7-8,19-22,31-38,43-50,53-54H,3-6,9-18,23-30,39-42H2,1-2H3/b66-45+,67-46+,68-47+,69-48+. The average molecular weight is 1050 g/mol. The number of benzene rings is 4. The molecule has 0 heterocycles. The van der Waals surface area contributed by atoms with Crippen LogP contribution in [0, 0.1) is 11.8 Å². The van der Waals surface area contributed by atoms with Crippen LogP contribution in [0.15, 0.2) is 131 Å². The third-order valence-electron chi connectivity index (χ3n) is 14.7. The summed E-state index contributed by atoms with van der Waals surface area (Å²) in [5, 5.41) is 17.7. The lowest BCUT2D eigenvalue weighted by molar-refractivity contribution is -0.138. The first-order chi connectivity index (χ1) is 37.7. The Morgan fingerprint density at radius 2 is 0.922 bits per heavy atom. The minimum atomic E-state index is -0.473. The second-order valence-corrected chi connectivity index (χ2v) is 20.4. The second-order valence-electron chi connectivity index (χ2n) is 20.4. The van der Waals surface area contributed by atoms with Crippen LogP contribution in [0.1, 0.15) is 198 Å². The molecule has 0 spiro atoms. The van der Waals surface area contributed by atoms with E-state index in [1.54, 1.807) is 49.1 Å². The van der Waals surface area contributed by atoms with Crippen molar-refractivity contribution in [1.29, 1.82) is 0 Å². The van der Waals surface area contributed by atoms with E-state index in [2.05, 4.69) is 77.7 Å². The number of hydrogen-bond donors (Lipinski definition) is 0. The van der Waals surface area contributed by atoms with Gasteiger partial charge in [0, 0.05) is 23.3 Å². The molecule has 0 atom stereocenters. The molecule has 2 saturated carbocycles. The van der Waals surface area contributed by atoms with Gasteiger partial charge < -0.3 is 23.7 Å². The van der Waals surface area contributed by atoms with Crippen molar-refractivity contribution >= 4 is 42.8 Å². The van der Waals surface area contributed by atoms with E-state index in [1.165, 1.54) is 87.5 Å². The Hall–Kier alpha value is -6.95. The van der Waals surface area contributed by atoms with Gasteiger partial charge in [0.25, 0.3) is 0 Å². The van der Waals surface area contributed by atoms with Crippen LogP contribution in [0.2, 0.25) is 0 Å². The van der Waals surface area contributed by atoms with E-state index >= 15 is 0 Å². The van der Waals surface area contributed by atoms with Gasteiger partial charge in [-0.1, -0.05) is 89.1 Å². The van der Waals surface area contributed by atoms with Crippen LogP contribution in [0.25, 0.3) is 0 Å². The Labute approximate surface area is 458 Å². The molecule has 2 aliphatic carbocycles. The Bertz CT molecular complexity index is 2570. The van der Waals surface area contributed by atoms with E-state index in [0.29, 0.717) is 60.9 Å². The molecular weight excluding hydrogens is 965 g/mol. The van der Waals surface area contributed by atoms with Crippen molar-refractivity contribution in [3.8, 4) is 17.2 Å². The fourth-order valence-electron chi connectivity index (χ4n) is 10.3. The van der Waals surface area contributed by atoms with Crippen LogP contribution in [-0.4, -0.2) is 69.2 Å². The maximum Gasteiger partial charge on any atom is 0.343 e. The first kappa shape index (κ1) is 59.3. The summed E-state index contributed by atoms with van der Waals surface area (Å²) in [5.41, 5.74) is 6.32. The van der Waals surface area contributed by atoms with Crippen LogP contribution in [0.5, 0.6) is 17.2 Å². The summed E-state index contributed by atoms with van der Waals surface area (Å²) in [4.78, 5) is 36.0. The van der Waals surface area contributed by atoms with Gasteiger partial charge in [-0.2, -0.15) is 20.4 Å². The van der Waals surface area contributed by atoms with Gasteiger partial charge in [0.2, 0.25) is 0 Å². The van der Waals surface area contributed by atoms with Crippen LogP contribution >= 0.6 is 0 Å². The van der Waals surface area contributed by atoms with Crippen molar-refractivity contribution < 1.29 is 38.1 Å². The smallest absolute Gasteiger partial charge is 0.343 e. The fourth-order valence-corrected chi connectivity index (χ4v) is 10.3. The van der Waals surface area contributed by atoms with Gasteiger partial charge in [-0.15, -0.1) is 0 Å². The molecule has 77 heavy (non-hydrogen) atoms. The van der Waals surface area contributed by atoms with Gasteiger partial charge in [-0.25, -0.2) is 14.4 Å². The molecule has 4 aromatic rings. The third kappa shape index (κ3) is 21.2. The number of esters is 3. The molecule has 0 saturated heterocycles. The van der Waals surface area contributed by atoms with Crippen molar-refractivity contribution in [2.24, 2.45) is 32.2 Å². The summed E-state index contributed by atoms with van der Waals surface area (Å²) in [5.74, 6) is 3.24. The zero-order valence-electron chi connectivity index (χ0n) is 45.8. The lowest BCUT2D eigenvalue weighted by Gasteiger charge is -2.29. The van der Waals surface area contributed by atoms with Crippen LogP contribution in [0.3, 0.4) is 0 Å². The first-order valence-electron chi connectivity index (χ1n) is 28.4. The summed E-state index contributed by atoms with van der Waals surface area (Å²) in [6.07, 6.45) is 31.2. The summed E-state index contributed by atoms with van der Waals surface area (Å²) < 4.78 is 28.3. The molecular formula is C65H82N4O8. The van der Waals surface area contributed by atoms with E-state index in [-0.39, 0.29) is 5.97 Å². The molecule has 12 nitrogen and oxygen atoms in total. The first-order valence-corrected chi connectivity index (χ1v) is 28.4. The number of ether oxygens (including phenoxy) is 5. The van der Waals surface area contributed by atoms with Crippen LogP contribution in [0.4, 0.5) is 0 Å². The predicted molar refractivity (Wildman–Crippen MR) is 311 cm³/mol. The molecule has 0 unspecified atom stereocenters. The minimum Gasteiger partial charge on any atom is -0.494 e. The van der Waals surface area contributed by atoms with Gasteiger partial charge in [0.05, 0.1) is 56.8 Å². The van der Waals surface area contributed by atoms with E-state index in [1.807, 2.05) is 30.3 Å². The molecule has 6 rings (SSSR count). The summed E-state index contributed by atoms with van der Waals surface area (Å²) in [6.45, 7) is 13.3. The maximum atomic E-state index is 13.5. The topological polar surface area (TPSA) is 147 Å². The van der Waals surface area contributed by atoms with Crippen molar-refractivity contribution in [2.75, 3.05) is 26.4 Å². The van der Waals surface area contributed by atoms with Crippen molar-refractivity contribution in [3.05, 3.63) is 149 Å². The van der Waals surface area contributed by atoms with E-state index in [0.717, 1.165) is 98.5 Å². The number of rotatable bonds is 32. The molecule has 0 N–H and O–H groups in total. The number of unbranched alkanes of at least 4 members (excludes halogenated alkanes) is 6. The van der Waals surface area contributed by atoms with Gasteiger partial charge in [0.1, 0.15) is 17.2 Å². The average Bonchev–Trinajstić information content (AvgIpc) is 3.46. The highest BCUT2D eigenvalue weighted by Crippen LogP contribution is 2.40. The molecule has 410 valence electrons. The van der Waals surface area contributed by atoms with Gasteiger partial charge in [-0.05, 0) is 197 Å². The normalized spacial score (nSPS) is 17.7. The van der Waals surface area contributed by atoms with Crippen molar-refractivity contribution in [1.82, 2.24) is 0 Å². The Kier molecular flexibility index (Phi) is 26.1. The zero-order valence-corrected chi connectivity index (χ0v) is 45.8. The minimum absolute atomic E-state index is 0.382. The molecule has 0 radical (unpaired) electrons. The van der Waals surface area contributed by atoms with Crippen LogP contribution in [-0.2, 0) is 19.1 Å².